The molecule has 0 aromatic heterocycles. The second-order valence-electron chi connectivity index (χ2n) is 6.83. The lowest BCUT2D eigenvalue weighted by atomic mass is 10.1. The van der Waals surface area contributed by atoms with E-state index < -0.39 is 34.5 Å². The fourth-order valence-electron chi connectivity index (χ4n) is 2.88. The molecule has 0 radical (unpaired) electrons. The summed E-state index contributed by atoms with van der Waals surface area (Å²) in [7, 11) is -3.71. The molecule has 0 bridgehead atoms. The van der Waals surface area contributed by atoms with E-state index >= 15 is 0 Å². The molecule has 2 N–H and O–H groups in total. The minimum Gasteiger partial charge on any atom is -0.454 e. The van der Waals surface area contributed by atoms with Crippen molar-refractivity contribution >= 4 is 50.9 Å². The quantitative estimate of drug-likeness (QED) is 0.613. The number of nitrogens with one attached hydrogen (secondary N) is 2. The molecule has 0 saturated carbocycles. The van der Waals surface area contributed by atoms with Crippen LogP contribution >= 0.6 is 23.2 Å². The maximum atomic E-state index is 12.2. The zero-order chi connectivity index (χ0) is 22.8. The maximum Gasteiger partial charge on any atom is 0.331 e. The van der Waals surface area contributed by atoms with Crippen LogP contribution in [0.3, 0.4) is 0 Å². The molecule has 2 aromatic rings. The van der Waals surface area contributed by atoms with Gasteiger partial charge in [-0.2, -0.15) is 0 Å². The average Bonchev–Trinajstić information content (AvgIpc) is 2.98. The van der Waals surface area contributed by atoms with Crippen LogP contribution in [0.4, 0.5) is 0 Å². The number of amides is 1. The van der Waals surface area contributed by atoms with Crippen molar-refractivity contribution < 1.29 is 22.7 Å². The third-order valence-corrected chi connectivity index (χ3v) is 6.63. The number of amidine groups is 1. The van der Waals surface area contributed by atoms with Crippen LogP contribution in [-0.2, 0) is 24.3 Å². The van der Waals surface area contributed by atoms with Gasteiger partial charge in [-0.25, -0.2) is 13.2 Å². The number of benzene rings is 2. The predicted molar refractivity (Wildman–Crippen MR) is 117 cm³/mol. The van der Waals surface area contributed by atoms with Gasteiger partial charge in [0.25, 0.3) is 15.9 Å². The number of nitrogens with zero attached hydrogens (tertiary/aromatic N) is 1. The van der Waals surface area contributed by atoms with Crippen LogP contribution in [0, 0.1) is 0 Å². The predicted octanol–water partition coefficient (Wildman–Crippen LogP) is 2.84. The first kappa shape index (κ1) is 23.1. The number of fused-ring (bicyclic) bond motifs is 1. The standard InChI is InChI=1S/C20H19Cl2N3O5S/c1-11(13-7-8-15(21)16(22)9-13)23-18(26)10-30-20(27)12(2)24-19-14-5-3-4-6-17(14)31(28,29)25-19/h3-9,11-12H,10H2,1-2H3,(H,23,26)(H,24,25)/t11?,12-/m0/s1. The number of sulfonamides is 1. The molecule has 2 atom stereocenters. The molecule has 2 aromatic carbocycles. The van der Waals surface area contributed by atoms with Gasteiger partial charge in [-0.15, -0.1) is 0 Å². The van der Waals surface area contributed by atoms with Gasteiger partial charge in [0.1, 0.15) is 11.9 Å². The largest absolute Gasteiger partial charge is 0.454 e. The number of hydrogen-bond donors (Lipinski definition) is 2. The third-order valence-electron chi connectivity index (χ3n) is 4.49. The summed E-state index contributed by atoms with van der Waals surface area (Å²) in [6.45, 7) is 2.68. The first-order chi connectivity index (χ1) is 14.6. The number of ether oxygens (including phenoxy) is 1. The minimum atomic E-state index is -3.71. The Morgan fingerprint density at radius 3 is 2.55 bits per heavy atom. The fourth-order valence-corrected chi connectivity index (χ4v) is 4.43. The summed E-state index contributed by atoms with van der Waals surface area (Å²) in [5.74, 6) is -1.23. The number of halogens is 2. The van der Waals surface area contributed by atoms with Crippen LogP contribution in [0.2, 0.25) is 10.0 Å². The molecule has 0 spiro atoms. The summed E-state index contributed by atoms with van der Waals surface area (Å²) in [6, 6.07) is 9.87. The Bertz CT molecular complexity index is 1170. The highest BCUT2D eigenvalue weighted by atomic mass is 35.5. The summed E-state index contributed by atoms with van der Waals surface area (Å²) in [6.07, 6.45) is 0. The Hall–Kier alpha value is -2.62. The van der Waals surface area contributed by atoms with Gasteiger partial charge in [0.15, 0.2) is 6.61 Å². The first-order valence-electron chi connectivity index (χ1n) is 9.19. The summed E-state index contributed by atoms with van der Waals surface area (Å²) in [5.41, 5.74) is 1.11. The van der Waals surface area contributed by atoms with Crippen molar-refractivity contribution in [3.05, 3.63) is 63.6 Å². The summed E-state index contributed by atoms with van der Waals surface area (Å²) in [4.78, 5) is 28.6. The molecule has 0 saturated heterocycles. The second-order valence-corrected chi connectivity index (χ2v) is 9.29. The highest BCUT2D eigenvalue weighted by molar-refractivity contribution is 7.90. The van der Waals surface area contributed by atoms with Gasteiger partial charge in [-0.3, -0.25) is 14.5 Å². The molecule has 31 heavy (non-hydrogen) atoms. The van der Waals surface area contributed by atoms with Crippen molar-refractivity contribution in [2.45, 2.75) is 30.8 Å². The van der Waals surface area contributed by atoms with Crippen molar-refractivity contribution in [2.75, 3.05) is 6.61 Å². The lowest BCUT2D eigenvalue weighted by Gasteiger charge is -2.15. The van der Waals surface area contributed by atoms with Crippen LogP contribution in [0.15, 0.2) is 52.4 Å². The molecule has 1 aliphatic heterocycles. The topological polar surface area (TPSA) is 114 Å². The number of carbonyl (C=O) groups is 2. The summed E-state index contributed by atoms with van der Waals surface area (Å²) in [5, 5.41) is 3.46. The van der Waals surface area contributed by atoms with Crippen molar-refractivity contribution in [1.29, 1.82) is 0 Å². The van der Waals surface area contributed by atoms with Crippen LogP contribution < -0.4 is 10.0 Å². The molecule has 8 nitrogen and oxygen atoms in total. The number of hydrogen-bond acceptors (Lipinski definition) is 6. The number of aliphatic imine (C=N–C) groups is 1. The SMILES string of the molecule is CC(NC(=O)COC(=O)[C@H](C)N=C1NS(=O)(=O)c2ccccc21)c1ccc(Cl)c(Cl)c1. The molecule has 3 rings (SSSR count). The van der Waals surface area contributed by atoms with E-state index in [1.165, 1.54) is 13.0 Å². The van der Waals surface area contributed by atoms with Crippen LogP contribution in [0.1, 0.15) is 31.0 Å². The smallest absolute Gasteiger partial charge is 0.331 e. The molecule has 1 heterocycles. The van der Waals surface area contributed by atoms with E-state index in [1.807, 2.05) is 0 Å². The van der Waals surface area contributed by atoms with E-state index in [0.29, 0.717) is 15.6 Å². The lowest BCUT2D eigenvalue weighted by Crippen LogP contribution is -2.33. The zero-order valence-corrected chi connectivity index (χ0v) is 18.9. The Morgan fingerprint density at radius 2 is 1.84 bits per heavy atom. The monoisotopic (exact) mass is 483 g/mol. The minimum absolute atomic E-state index is 0.0535. The van der Waals surface area contributed by atoms with E-state index in [9.17, 15) is 18.0 Å². The molecule has 1 unspecified atom stereocenters. The van der Waals surface area contributed by atoms with Crippen molar-refractivity contribution in [3.8, 4) is 0 Å². The van der Waals surface area contributed by atoms with Crippen molar-refractivity contribution in [1.82, 2.24) is 10.0 Å². The molecule has 1 aliphatic rings. The number of esters is 1. The first-order valence-corrected chi connectivity index (χ1v) is 11.4. The Kier molecular flexibility index (Phi) is 6.88. The van der Waals surface area contributed by atoms with Gasteiger partial charge < -0.3 is 10.1 Å². The molecule has 1 amide bonds. The molecule has 164 valence electrons. The number of carbonyl (C=O) groups excluding carboxylic acids is 2. The third kappa shape index (κ3) is 5.36. The van der Waals surface area contributed by atoms with Crippen LogP contribution in [-0.4, -0.2) is 38.8 Å². The highest BCUT2D eigenvalue weighted by Gasteiger charge is 2.31. The zero-order valence-electron chi connectivity index (χ0n) is 16.6. The van der Waals surface area contributed by atoms with E-state index in [2.05, 4.69) is 15.0 Å². The molecule has 11 heteroatoms. The Morgan fingerprint density at radius 1 is 1.13 bits per heavy atom. The Balaban J connectivity index is 1.57. The molecule has 0 fully saturated rings. The summed E-state index contributed by atoms with van der Waals surface area (Å²) >= 11 is 11.9. The van der Waals surface area contributed by atoms with Gasteiger partial charge >= 0.3 is 5.97 Å². The van der Waals surface area contributed by atoms with Gasteiger partial charge in [0.05, 0.1) is 21.0 Å². The van der Waals surface area contributed by atoms with E-state index in [0.717, 1.165) is 5.56 Å². The molecular formula is C20H19Cl2N3O5S. The fraction of sp³-hybridized carbons (Fsp3) is 0.250. The van der Waals surface area contributed by atoms with Crippen molar-refractivity contribution in [3.63, 3.8) is 0 Å². The Labute approximate surface area is 189 Å². The van der Waals surface area contributed by atoms with E-state index in [4.69, 9.17) is 27.9 Å². The maximum absolute atomic E-state index is 12.2. The second kappa shape index (κ2) is 9.25. The van der Waals surface area contributed by atoms with E-state index in [1.54, 1.807) is 43.3 Å². The normalized spacial score (nSPS) is 17.4. The van der Waals surface area contributed by atoms with Gasteiger partial charge in [-0.05, 0) is 43.7 Å². The van der Waals surface area contributed by atoms with E-state index in [-0.39, 0.29) is 16.8 Å². The molecule has 0 aliphatic carbocycles. The van der Waals surface area contributed by atoms with Crippen LogP contribution in [0.5, 0.6) is 0 Å². The van der Waals surface area contributed by atoms with Gasteiger partial charge in [0.2, 0.25) is 0 Å². The van der Waals surface area contributed by atoms with Gasteiger partial charge in [0, 0.05) is 5.56 Å². The average molecular weight is 484 g/mol. The van der Waals surface area contributed by atoms with Crippen LogP contribution in [0.25, 0.3) is 0 Å². The summed E-state index contributed by atoms with van der Waals surface area (Å²) < 4.78 is 31.6. The van der Waals surface area contributed by atoms with Crippen molar-refractivity contribution in [2.24, 2.45) is 4.99 Å². The highest BCUT2D eigenvalue weighted by Crippen LogP contribution is 2.25. The number of rotatable bonds is 6. The molecular weight excluding hydrogens is 465 g/mol. The lowest BCUT2D eigenvalue weighted by molar-refractivity contribution is -0.149. The van der Waals surface area contributed by atoms with Gasteiger partial charge in [-0.1, -0.05) is 41.4 Å².